The van der Waals surface area contributed by atoms with Crippen LogP contribution in [0.1, 0.15) is 29.3 Å². The van der Waals surface area contributed by atoms with E-state index in [1.807, 2.05) is 6.92 Å². The summed E-state index contributed by atoms with van der Waals surface area (Å²) in [6.45, 7) is 3.21. The van der Waals surface area contributed by atoms with E-state index in [2.05, 4.69) is 5.32 Å². The van der Waals surface area contributed by atoms with Crippen molar-refractivity contribution in [2.75, 3.05) is 20.2 Å². The number of rotatable bonds is 7. The molecule has 0 radical (unpaired) electrons. The third-order valence-corrected chi connectivity index (χ3v) is 4.81. The summed E-state index contributed by atoms with van der Waals surface area (Å²) < 4.78 is 25.2. The van der Waals surface area contributed by atoms with Gasteiger partial charge in [0.15, 0.2) is 23.1 Å². The molecule has 1 saturated heterocycles. The van der Waals surface area contributed by atoms with Crippen molar-refractivity contribution in [3.63, 3.8) is 0 Å². The number of carbonyl (C=O) groups is 2. The molecule has 0 aromatic heterocycles. The number of nitrogens with one attached hydrogen (secondary N) is 1. The molecule has 3 rings (SSSR count). The molecule has 1 aliphatic heterocycles. The highest BCUT2D eigenvalue weighted by Crippen LogP contribution is 2.34. The lowest BCUT2D eigenvalue weighted by atomic mass is 10.1. The number of halogens is 2. The standard InChI is InChI=1S/C21H24FN3O4.ClH/c1-3-25-12-15(10-20(25)26)24-21(27)14-5-7-18(28-2)19(9-14)29-17-6-4-13(11-23)8-16(17)22;/h4-9,15H,3,10-12,23H2,1-2H3,(H,24,27);1H. The minimum absolute atomic E-state index is 0. The molecule has 2 amide bonds. The number of carbonyl (C=O) groups excluding carboxylic acids is 2. The van der Waals surface area contributed by atoms with Crippen molar-refractivity contribution in [2.45, 2.75) is 25.9 Å². The zero-order valence-electron chi connectivity index (χ0n) is 16.8. The summed E-state index contributed by atoms with van der Waals surface area (Å²) in [5.41, 5.74) is 6.48. The normalized spacial score (nSPS) is 15.5. The smallest absolute Gasteiger partial charge is 0.251 e. The number of benzene rings is 2. The molecule has 1 unspecified atom stereocenters. The van der Waals surface area contributed by atoms with Gasteiger partial charge in [0, 0.05) is 31.6 Å². The predicted molar refractivity (Wildman–Crippen MR) is 113 cm³/mol. The topological polar surface area (TPSA) is 93.9 Å². The summed E-state index contributed by atoms with van der Waals surface area (Å²) >= 11 is 0. The Labute approximate surface area is 180 Å². The van der Waals surface area contributed by atoms with Crippen LogP contribution in [-0.4, -0.2) is 43.0 Å². The molecule has 3 N–H and O–H groups in total. The van der Waals surface area contributed by atoms with Crippen molar-refractivity contribution >= 4 is 24.2 Å². The van der Waals surface area contributed by atoms with E-state index in [4.69, 9.17) is 15.2 Å². The number of likely N-dealkylation sites (tertiary alicyclic amines) is 1. The minimum atomic E-state index is -0.561. The third kappa shape index (κ3) is 5.20. The van der Waals surface area contributed by atoms with E-state index < -0.39 is 5.82 Å². The van der Waals surface area contributed by atoms with E-state index in [0.29, 0.717) is 30.0 Å². The van der Waals surface area contributed by atoms with Gasteiger partial charge >= 0.3 is 0 Å². The summed E-state index contributed by atoms with van der Waals surface area (Å²) in [4.78, 5) is 26.2. The SMILES string of the molecule is CCN1CC(NC(=O)c2ccc(OC)c(Oc3ccc(CN)cc3F)c2)CC1=O.Cl. The Kier molecular flexibility index (Phi) is 8.02. The van der Waals surface area contributed by atoms with Crippen LogP contribution in [-0.2, 0) is 11.3 Å². The lowest BCUT2D eigenvalue weighted by Crippen LogP contribution is -2.37. The monoisotopic (exact) mass is 437 g/mol. The maximum Gasteiger partial charge on any atom is 0.251 e. The number of amides is 2. The van der Waals surface area contributed by atoms with Crippen molar-refractivity contribution < 1.29 is 23.5 Å². The van der Waals surface area contributed by atoms with Crippen LogP contribution in [0.5, 0.6) is 17.2 Å². The quantitative estimate of drug-likeness (QED) is 0.694. The molecular weight excluding hydrogens is 413 g/mol. The summed E-state index contributed by atoms with van der Waals surface area (Å²) in [7, 11) is 1.46. The largest absolute Gasteiger partial charge is 0.493 e. The van der Waals surface area contributed by atoms with Crippen LogP contribution in [0.25, 0.3) is 0 Å². The second-order valence-corrected chi connectivity index (χ2v) is 6.74. The van der Waals surface area contributed by atoms with Crippen molar-refractivity contribution in [3.8, 4) is 17.2 Å². The fourth-order valence-corrected chi connectivity index (χ4v) is 3.21. The maximum atomic E-state index is 14.3. The Morgan fingerprint density at radius 1 is 1.23 bits per heavy atom. The number of ether oxygens (including phenoxy) is 2. The first-order valence-corrected chi connectivity index (χ1v) is 9.38. The average Bonchev–Trinajstić information content (AvgIpc) is 3.08. The molecule has 1 fully saturated rings. The van der Waals surface area contributed by atoms with Gasteiger partial charge in [-0.2, -0.15) is 0 Å². The lowest BCUT2D eigenvalue weighted by molar-refractivity contribution is -0.127. The van der Waals surface area contributed by atoms with Gasteiger partial charge in [-0.1, -0.05) is 6.07 Å². The highest BCUT2D eigenvalue weighted by atomic mass is 35.5. The average molecular weight is 438 g/mol. The van der Waals surface area contributed by atoms with Crippen LogP contribution in [0.3, 0.4) is 0 Å². The van der Waals surface area contributed by atoms with Crippen molar-refractivity contribution in [1.29, 1.82) is 0 Å². The van der Waals surface area contributed by atoms with Gasteiger partial charge in [0.2, 0.25) is 5.91 Å². The first-order valence-electron chi connectivity index (χ1n) is 9.38. The van der Waals surface area contributed by atoms with E-state index in [0.717, 1.165) is 0 Å². The molecule has 1 atom stereocenters. The van der Waals surface area contributed by atoms with Gasteiger partial charge in [-0.05, 0) is 42.8 Å². The summed E-state index contributed by atoms with van der Waals surface area (Å²) in [6, 6.07) is 8.85. The van der Waals surface area contributed by atoms with E-state index in [-0.39, 0.29) is 54.7 Å². The van der Waals surface area contributed by atoms with Crippen LogP contribution >= 0.6 is 12.4 Å². The first-order chi connectivity index (χ1) is 13.9. The third-order valence-electron chi connectivity index (χ3n) is 4.81. The van der Waals surface area contributed by atoms with Gasteiger partial charge in [-0.15, -0.1) is 12.4 Å². The number of hydrogen-bond donors (Lipinski definition) is 2. The first kappa shape index (κ1) is 23.4. The maximum absolute atomic E-state index is 14.3. The van der Waals surface area contributed by atoms with Crippen LogP contribution in [0.4, 0.5) is 4.39 Å². The van der Waals surface area contributed by atoms with Crippen LogP contribution in [0, 0.1) is 5.82 Å². The van der Waals surface area contributed by atoms with E-state index in [1.54, 1.807) is 23.1 Å². The zero-order valence-corrected chi connectivity index (χ0v) is 17.6. The molecule has 0 saturated carbocycles. The number of methoxy groups -OCH3 is 1. The molecule has 2 aromatic carbocycles. The molecule has 1 heterocycles. The molecular formula is C21H25ClFN3O4. The molecule has 162 valence electrons. The molecule has 0 aliphatic carbocycles. The van der Waals surface area contributed by atoms with Crippen LogP contribution < -0.4 is 20.5 Å². The van der Waals surface area contributed by atoms with Gasteiger partial charge in [0.05, 0.1) is 13.2 Å². The second-order valence-electron chi connectivity index (χ2n) is 6.74. The Morgan fingerprint density at radius 3 is 2.57 bits per heavy atom. The molecule has 2 aromatic rings. The summed E-state index contributed by atoms with van der Waals surface area (Å²) in [5, 5.41) is 2.86. The van der Waals surface area contributed by atoms with Crippen molar-refractivity contribution in [2.24, 2.45) is 5.73 Å². The summed E-state index contributed by atoms with van der Waals surface area (Å²) in [5.74, 6) is -0.318. The number of hydrogen-bond acceptors (Lipinski definition) is 5. The highest BCUT2D eigenvalue weighted by molar-refractivity contribution is 5.95. The molecule has 1 aliphatic rings. The van der Waals surface area contributed by atoms with E-state index >= 15 is 0 Å². The van der Waals surface area contributed by atoms with E-state index in [9.17, 15) is 14.0 Å². The minimum Gasteiger partial charge on any atom is -0.493 e. The van der Waals surface area contributed by atoms with E-state index in [1.165, 1.54) is 25.3 Å². The highest BCUT2D eigenvalue weighted by Gasteiger charge is 2.29. The molecule has 30 heavy (non-hydrogen) atoms. The second kappa shape index (κ2) is 10.3. The van der Waals surface area contributed by atoms with Crippen LogP contribution in [0.2, 0.25) is 0 Å². The number of nitrogens with zero attached hydrogens (tertiary/aromatic N) is 1. The fourth-order valence-electron chi connectivity index (χ4n) is 3.21. The fraction of sp³-hybridized carbons (Fsp3) is 0.333. The van der Waals surface area contributed by atoms with Crippen molar-refractivity contribution in [3.05, 3.63) is 53.3 Å². The number of likely N-dealkylation sites (N-methyl/N-ethyl adjacent to an activating group) is 1. The van der Waals surface area contributed by atoms with Gasteiger partial charge in [-0.3, -0.25) is 9.59 Å². The Morgan fingerprint density at radius 2 is 1.97 bits per heavy atom. The number of nitrogens with two attached hydrogens (primary N) is 1. The van der Waals surface area contributed by atoms with Crippen LogP contribution in [0.15, 0.2) is 36.4 Å². The molecule has 0 bridgehead atoms. The Hall–Kier alpha value is -2.84. The zero-order chi connectivity index (χ0) is 21.0. The van der Waals surface area contributed by atoms with Gasteiger partial charge in [0.1, 0.15) is 0 Å². The lowest BCUT2D eigenvalue weighted by Gasteiger charge is -2.16. The van der Waals surface area contributed by atoms with Gasteiger partial charge in [-0.25, -0.2) is 4.39 Å². The van der Waals surface area contributed by atoms with Crippen molar-refractivity contribution in [1.82, 2.24) is 10.2 Å². The Balaban J connectivity index is 0.00000320. The Bertz CT molecular complexity index is 925. The van der Waals surface area contributed by atoms with Gasteiger partial charge in [0.25, 0.3) is 5.91 Å². The predicted octanol–water partition coefficient (Wildman–Crippen LogP) is 2.86. The molecule has 7 nitrogen and oxygen atoms in total. The van der Waals surface area contributed by atoms with Gasteiger partial charge < -0.3 is 25.4 Å². The summed E-state index contributed by atoms with van der Waals surface area (Å²) in [6.07, 6.45) is 0.276. The molecule has 9 heteroatoms. The molecule has 0 spiro atoms.